The van der Waals surface area contributed by atoms with Crippen molar-refractivity contribution in [3.63, 3.8) is 0 Å². The first-order valence-electron chi connectivity index (χ1n) is 7.43. The van der Waals surface area contributed by atoms with E-state index in [0.29, 0.717) is 22.8 Å². The van der Waals surface area contributed by atoms with E-state index >= 15 is 0 Å². The van der Waals surface area contributed by atoms with Crippen molar-refractivity contribution in [1.29, 1.82) is 0 Å². The number of halogens is 3. The van der Waals surface area contributed by atoms with Gasteiger partial charge in [0.15, 0.2) is 0 Å². The zero-order valence-corrected chi connectivity index (χ0v) is 13.2. The summed E-state index contributed by atoms with van der Waals surface area (Å²) >= 11 is 0. The molecule has 0 aliphatic heterocycles. The van der Waals surface area contributed by atoms with E-state index in [4.69, 9.17) is 0 Å². The molecule has 0 spiro atoms. The van der Waals surface area contributed by atoms with Crippen LogP contribution in [0.15, 0.2) is 60.9 Å². The van der Waals surface area contributed by atoms with Gasteiger partial charge in [0.25, 0.3) is 0 Å². The number of carbonyl (C=O) groups excluding carboxylic acids is 1. The minimum atomic E-state index is -4.73. The van der Waals surface area contributed by atoms with Crippen LogP contribution >= 0.6 is 0 Å². The maximum atomic E-state index is 12.2. The molecule has 132 valence electrons. The Morgan fingerprint density at radius 1 is 1.00 bits per heavy atom. The summed E-state index contributed by atoms with van der Waals surface area (Å²) in [5, 5.41) is 2.98. The second kappa shape index (κ2) is 7.22. The number of anilines is 2. The topological polar surface area (TPSA) is 64.1 Å². The van der Waals surface area contributed by atoms with Gasteiger partial charge in [0.1, 0.15) is 24.2 Å². The van der Waals surface area contributed by atoms with Crippen LogP contribution in [0, 0.1) is 0 Å². The molecule has 0 radical (unpaired) electrons. The second-order valence-corrected chi connectivity index (χ2v) is 5.23. The molecule has 1 aromatic heterocycles. The lowest BCUT2D eigenvalue weighted by molar-refractivity contribution is -0.274. The highest BCUT2D eigenvalue weighted by Crippen LogP contribution is 2.26. The molecule has 2 aromatic carbocycles. The third-order valence-electron chi connectivity index (χ3n) is 3.35. The summed E-state index contributed by atoms with van der Waals surface area (Å²) in [4.78, 5) is 19.1. The van der Waals surface area contributed by atoms with Crippen molar-refractivity contribution in [3.8, 4) is 17.0 Å². The maximum absolute atomic E-state index is 12.2. The van der Waals surface area contributed by atoms with Gasteiger partial charge in [-0.1, -0.05) is 18.2 Å². The van der Waals surface area contributed by atoms with Crippen LogP contribution < -0.4 is 10.1 Å². The predicted octanol–water partition coefficient (Wildman–Crippen LogP) is 4.60. The number of carbonyl (C=O) groups is 1. The summed E-state index contributed by atoms with van der Waals surface area (Å²) in [7, 11) is 0. The van der Waals surface area contributed by atoms with Crippen molar-refractivity contribution in [2.75, 3.05) is 5.32 Å². The Balaban J connectivity index is 1.77. The minimum absolute atomic E-state index is 0.308. The number of nitrogens with one attached hydrogen (secondary N) is 1. The Kier molecular flexibility index (Phi) is 4.83. The Bertz CT molecular complexity index is 912. The first-order valence-corrected chi connectivity index (χ1v) is 7.43. The fraction of sp³-hybridized carbons (Fsp3) is 0.0556. The van der Waals surface area contributed by atoms with E-state index in [1.54, 1.807) is 24.3 Å². The van der Waals surface area contributed by atoms with Gasteiger partial charge < -0.3 is 10.1 Å². The molecular weight excluding hydrogens is 347 g/mol. The molecule has 0 bridgehead atoms. The van der Waals surface area contributed by atoms with Crippen molar-refractivity contribution in [1.82, 2.24) is 9.97 Å². The number of ether oxygens (including phenoxy) is 1. The number of aldehydes is 1. The van der Waals surface area contributed by atoms with Crippen LogP contribution in [0.3, 0.4) is 0 Å². The summed E-state index contributed by atoms with van der Waals surface area (Å²) in [6.45, 7) is 0. The van der Waals surface area contributed by atoms with Crippen LogP contribution in [-0.4, -0.2) is 22.6 Å². The number of aromatic nitrogens is 2. The van der Waals surface area contributed by atoms with Gasteiger partial charge in [0.2, 0.25) is 0 Å². The molecule has 1 N–H and O–H groups in total. The normalized spacial score (nSPS) is 11.0. The zero-order valence-electron chi connectivity index (χ0n) is 13.2. The lowest BCUT2D eigenvalue weighted by Gasteiger charge is -2.10. The van der Waals surface area contributed by atoms with Crippen LogP contribution in [0.5, 0.6) is 5.75 Å². The van der Waals surface area contributed by atoms with E-state index in [9.17, 15) is 18.0 Å². The van der Waals surface area contributed by atoms with E-state index < -0.39 is 6.36 Å². The van der Waals surface area contributed by atoms with Gasteiger partial charge in [-0.3, -0.25) is 4.79 Å². The van der Waals surface area contributed by atoms with Gasteiger partial charge in [-0.05, 0) is 30.3 Å². The quantitative estimate of drug-likeness (QED) is 0.675. The molecular formula is C18H12F3N3O2. The van der Waals surface area contributed by atoms with Crippen molar-refractivity contribution in [2.24, 2.45) is 0 Å². The molecule has 0 fully saturated rings. The lowest BCUT2D eigenvalue weighted by Crippen LogP contribution is -2.16. The number of alkyl halides is 3. The molecule has 3 rings (SSSR count). The van der Waals surface area contributed by atoms with Crippen molar-refractivity contribution < 1.29 is 22.7 Å². The summed E-state index contributed by atoms with van der Waals surface area (Å²) < 4.78 is 40.3. The third kappa shape index (κ3) is 4.56. The first-order chi connectivity index (χ1) is 12.4. The highest BCUT2D eigenvalue weighted by atomic mass is 19.4. The molecule has 0 aliphatic carbocycles. The minimum Gasteiger partial charge on any atom is -0.406 e. The van der Waals surface area contributed by atoms with Crippen LogP contribution in [0.4, 0.5) is 24.7 Å². The molecule has 8 heteroatoms. The SMILES string of the molecule is O=Cc1cccc(-c2cc(Nc3ccc(OC(F)(F)F)cc3)ncn2)c1. The lowest BCUT2D eigenvalue weighted by atomic mass is 10.1. The largest absolute Gasteiger partial charge is 0.573 e. The number of hydrogen-bond acceptors (Lipinski definition) is 5. The Hall–Kier alpha value is -3.42. The molecule has 0 aliphatic rings. The number of rotatable bonds is 5. The fourth-order valence-corrected chi connectivity index (χ4v) is 2.24. The molecule has 0 atom stereocenters. The highest BCUT2D eigenvalue weighted by molar-refractivity contribution is 5.78. The number of hydrogen-bond donors (Lipinski definition) is 1. The number of benzene rings is 2. The van der Waals surface area contributed by atoms with E-state index in [1.165, 1.54) is 30.6 Å². The van der Waals surface area contributed by atoms with Gasteiger partial charge in [-0.2, -0.15) is 0 Å². The second-order valence-electron chi connectivity index (χ2n) is 5.23. The Morgan fingerprint density at radius 2 is 1.77 bits per heavy atom. The molecule has 1 heterocycles. The van der Waals surface area contributed by atoms with Gasteiger partial charge in [-0.15, -0.1) is 13.2 Å². The van der Waals surface area contributed by atoms with Crippen LogP contribution in [0.2, 0.25) is 0 Å². The van der Waals surface area contributed by atoms with Gasteiger partial charge in [0.05, 0.1) is 5.69 Å². The average Bonchev–Trinajstić information content (AvgIpc) is 2.62. The zero-order chi connectivity index (χ0) is 18.6. The summed E-state index contributed by atoms with van der Waals surface area (Å²) in [6.07, 6.45) is -2.63. The first kappa shape index (κ1) is 17.4. The van der Waals surface area contributed by atoms with Gasteiger partial charge in [0, 0.05) is 22.9 Å². The van der Waals surface area contributed by atoms with E-state index in [2.05, 4.69) is 20.0 Å². The summed E-state index contributed by atoms with van der Waals surface area (Å²) in [5.74, 6) is 0.146. The van der Waals surface area contributed by atoms with Gasteiger partial charge in [-0.25, -0.2) is 9.97 Å². The summed E-state index contributed by atoms with van der Waals surface area (Å²) in [5.41, 5.74) is 2.40. The monoisotopic (exact) mass is 359 g/mol. The van der Waals surface area contributed by atoms with Crippen LogP contribution in [0.25, 0.3) is 11.3 Å². The predicted molar refractivity (Wildman–Crippen MR) is 89.3 cm³/mol. The van der Waals surface area contributed by atoms with Crippen molar-refractivity contribution >= 4 is 17.8 Å². The smallest absolute Gasteiger partial charge is 0.406 e. The molecule has 3 aromatic rings. The standard InChI is InChI=1S/C18H12F3N3O2/c19-18(20,21)26-15-6-4-14(5-7-15)24-17-9-16(22-11-23-17)13-3-1-2-12(8-13)10-25/h1-11H,(H,22,23,24). The van der Waals surface area contributed by atoms with Crippen molar-refractivity contribution in [2.45, 2.75) is 6.36 Å². The highest BCUT2D eigenvalue weighted by Gasteiger charge is 2.30. The molecule has 0 saturated carbocycles. The van der Waals surface area contributed by atoms with E-state index in [1.807, 2.05) is 6.07 Å². The van der Waals surface area contributed by atoms with Crippen LogP contribution in [0.1, 0.15) is 10.4 Å². The van der Waals surface area contributed by atoms with E-state index in [-0.39, 0.29) is 5.75 Å². The average molecular weight is 359 g/mol. The van der Waals surface area contributed by atoms with Crippen LogP contribution in [-0.2, 0) is 0 Å². The molecule has 5 nitrogen and oxygen atoms in total. The fourth-order valence-electron chi connectivity index (χ4n) is 2.24. The Labute approximate surface area is 146 Å². The Morgan fingerprint density at radius 3 is 2.46 bits per heavy atom. The summed E-state index contributed by atoms with van der Waals surface area (Å²) in [6, 6.07) is 13.9. The number of nitrogens with zero attached hydrogens (tertiary/aromatic N) is 2. The molecule has 26 heavy (non-hydrogen) atoms. The molecule has 0 saturated heterocycles. The molecule has 0 unspecified atom stereocenters. The van der Waals surface area contributed by atoms with Gasteiger partial charge >= 0.3 is 6.36 Å². The molecule has 0 amide bonds. The maximum Gasteiger partial charge on any atom is 0.573 e. The van der Waals surface area contributed by atoms with Crippen molar-refractivity contribution in [3.05, 3.63) is 66.5 Å². The van der Waals surface area contributed by atoms with E-state index in [0.717, 1.165) is 11.8 Å². The third-order valence-corrected chi connectivity index (χ3v) is 3.35.